The van der Waals surface area contributed by atoms with Gasteiger partial charge in [-0.3, -0.25) is 0 Å². The van der Waals surface area contributed by atoms with E-state index in [-0.39, 0.29) is 12.0 Å². The number of aromatic nitrogens is 1. The molecular weight excluding hydrogens is 448 g/mol. The molecule has 2 unspecified atom stereocenters. The quantitative estimate of drug-likeness (QED) is 0.277. The van der Waals surface area contributed by atoms with Gasteiger partial charge in [0, 0.05) is 22.5 Å². The van der Waals surface area contributed by atoms with Gasteiger partial charge < -0.3 is 10.3 Å². The van der Waals surface area contributed by atoms with E-state index in [0.29, 0.717) is 0 Å². The van der Waals surface area contributed by atoms with Crippen molar-refractivity contribution in [2.75, 3.05) is 0 Å². The summed E-state index contributed by atoms with van der Waals surface area (Å²) >= 11 is 0. The van der Waals surface area contributed by atoms with Crippen LogP contribution in [0.1, 0.15) is 43.9 Å². The SMILES string of the molecule is CC=C1/C(=C\C(C)C(N)CC)C2(c3ccccc3-c3ccccc32)c2cccc3c4ccccc4n1c23. The van der Waals surface area contributed by atoms with Crippen molar-refractivity contribution >= 4 is 27.5 Å². The first-order valence-corrected chi connectivity index (χ1v) is 13.5. The predicted molar refractivity (Wildman–Crippen MR) is 157 cm³/mol. The van der Waals surface area contributed by atoms with Crippen molar-refractivity contribution in [3.63, 3.8) is 0 Å². The normalized spacial score (nSPS) is 19.0. The molecule has 2 atom stereocenters. The second kappa shape index (κ2) is 8.06. The average Bonchev–Trinajstić information content (AvgIpc) is 3.44. The summed E-state index contributed by atoms with van der Waals surface area (Å²) in [5, 5.41) is 2.61. The number of allylic oxidation sites excluding steroid dienone is 3. The van der Waals surface area contributed by atoms with Crippen LogP contribution in [0, 0.1) is 5.92 Å². The van der Waals surface area contributed by atoms with Gasteiger partial charge in [0.1, 0.15) is 0 Å². The molecule has 2 N–H and O–H groups in total. The van der Waals surface area contributed by atoms with Crippen molar-refractivity contribution in [1.29, 1.82) is 0 Å². The number of para-hydroxylation sites is 2. The fourth-order valence-electron chi connectivity index (χ4n) is 7.10. The number of hydrogen-bond donors (Lipinski definition) is 1. The van der Waals surface area contributed by atoms with Crippen LogP contribution in [0.2, 0.25) is 0 Å². The second-order valence-electron chi connectivity index (χ2n) is 10.6. The monoisotopic (exact) mass is 480 g/mol. The van der Waals surface area contributed by atoms with E-state index in [1.807, 2.05) is 0 Å². The van der Waals surface area contributed by atoms with Gasteiger partial charge in [-0.25, -0.2) is 0 Å². The largest absolute Gasteiger partial charge is 0.327 e. The topological polar surface area (TPSA) is 30.9 Å². The van der Waals surface area contributed by atoms with E-state index in [1.54, 1.807) is 0 Å². The summed E-state index contributed by atoms with van der Waals surface area (Å²) in [4.78, 5) is 0. The highest BCUT2D eigenvalue weighted by Crippen LogP contribution is 2.62. The lowest BCUT2D eigenvalue weighted by Crippen LogP contribution is -2.36. The van der Waals surface area contributed by atoms with Crippen LogP contribution in [0.3, 0.4) is 0 Å². The van der Waals surface area contributed by atoms with Gasteiger partial charge in [-0.05, 0) is 58.7 Å². The van der Waals surface area contributed by atoms with Gasteiger partial charge in [-0.1, -0.05) is 111 Å². The lowest BCUT2D eigenvalue weighted by molar-refractivity contribution is 0.518. The number of rotatable bonds is 3. The molecule has 4 aromatic carbocycles. The molecule has 2 heteroatoms. The first-order valence-electron chi connectivity index (χ1n) is 13.5. The van der Waals surface area contributed by atoms with E-state index < -0.39 is 5.41 Å². The van der Waals surface area contributed by atoms with Crippen molar-refractivity contribution < 1.29 is 0 Å². The Bertz CT molecular complexity index is 1720. The van der Waals surface area contributed by atoms with E-state index in [0.717, 1.165) is 6.42 Å². The molecule has 37 heavy (non-hydrogen) atoms. The van der Waals surface area contributed by atoms with Crippen LogP contribution < -0.4 is 5.73 Å². The number of nitrogens with two attached hydrogens (primary N) is 1. The van der Waals surface area contributed by atoms with Crippen LogP contribution in [-0.2, 0) is 5.41 Å². The molecule has 0 fully saturated rings. The van der Waals surface area contributed by atoms with E-state index in [2.05, 4.69) is 128 Å². The van der Waals surface area contributed by atoms with Crippen LogP contribution >= 0.6 is 0 Å². The van der Waals surface area contributed by atoms with E-state index in [1.165, 1.54) is 60.9 Å². The first kappa shape index (κ1) is 22.3. The van der Waals surface area contributed by atoms with Gasteiger partial charge in [0.05, 0.1) is 16.4 Å². The summed E-state index contributed by atoms with van der Waals surface area (Å²) in [6.45, 7) is 6.65. The number of nitrogens with zero attached hydrogens (tertiary/aromatic N) is 1. The molecule has 0 saturated carbocycles. The molecule has 0 radical (unpaired) electrons. The summed E-state index contributed by atoms with van der Waals surface area (Å²) in [5.74, 6) is 0.231. The van der Waals surface area contributed by atoms with Crippen molar-refractivity contribution in [3.05, 3.63) is 125 Å². The summed E-state index contributed by atoms with van der Waals surface area (Å²) in [7, 11) is 0. The van der Waals surface area contributed by atoms with Crippen LogP contribution in [0.25, 0.3) is 38.6 Å². The summed E-state index contributed by atoms with van der Waals surface area (Å²) in [6.07, 6.45) is 5.74. The van der Waals surface area contributed by atoms with Crippen molar-refractivity contribution in [3.8, 4) is 11.1 Å². The minimum atomic E-state index is -0.402. The van der Waals surface area contributed by atoms with Gasteiger partial charge in [0.2, 0.25) is 0 Å². The summed E-state index contributed by atoms with van der Waals surface area (Å²) < 4.78 is 2.50. The molecule has 2 heterocycles. The Kier molecular flexibility index (Phi) is 4.86. The molecular formula is C35H32N2. The zero-order valence-electron chi connectivity index (χ0n) is 21.7. The molecule has 2 nitrogen and oxygen atoms in total. The molecule has 1 aliphatic carbocycles. The molecule has 2 aliphatic rings. The van der Waals surface area contributed by atoms with Gasteiger partial charge in [0.15, 0.2) is 0 Å². The third kappa shape index (κ3) is 2.74. The van der Waals surface area contributed by atoms with Gasteiger partial charge in [-0.2, -0.15) is 0 Å². The summed E-state index contributed by atoms with van der Waals surface area (Å²) in [6, 6.07) is 33.9. The third-order valence-electron chi connectivity index (χ3n) is 8.82. The van der Waals surface area contributed by atoms with Crippen molar-refractivity contribution in [1.82, 2.24) is 4.57 Å². The van der Waals surface area contributed by atoms with Crippen LogP contribution in [0.15, 0.2) is 109 Å². The zero-order valence-corrected chi connectivity index (χ0v) is 21.7. The minimum absolute atomic E-state index is 0.105. The number of hydrogen-bond acceptors (Lipinski definition) is 1. The Balaban J connectivity index is 1.74. The molecule has 5 aromatic rings. The van der Waals surface area contributed by atoms with Crippen molar-refractivity contribution in [2.24, 2.45) is 11.7 Å². The van der Waals surface area contributed by atoms with Crippen LogP contribution in [-0.4, -0.2) is 10.6 Å². The second-order valence-corrected chi connectivity index (χ2v) is 10.6. The number of fused-ring (bicyclic) bond motifs is 9. The lowest BCUT2D eigenvalue weighted by atomic mass is 9.63. The third-order valence-corrected chi connectivity index (χ3v) is 8.82. The Morgan fingerprint density at radius 2 is 1.38 bits per heavy atom. The minimum Gasteiger partial charge on any atom is -0.327 e. The maximum Gasteiger partial charge on any atom is 0.0751 e. The Morgan fingerprint density at radius 1 is 0.784 bits per heavy atom. The molecule has 182 valence electrons. The average molecular weight is 481 g/mol. The predicted octanol–water partition coefficient (Wildman–Crippen LogP) is 8.28. The fourth-order valence-corrected chi connectivity index (χ4v) is 7.10. The Hall–Kier alpha value is -3.88. The smallest absolute Gasteiger partial charge is 0.0751 e. The fraction of sp³-hybridized carbons (Fsp3) is 0.200. The first-order chi connectivity index (χ1) is 18.1. The Morgan fingerprint density at radius 3 is 2.05 bits per heavy atom. The van der Waals surface area contributed by atoms with Gasteiger partial charge in [-0.15, -0.1) is 0 Å². The highest BCUT2D eigenvalue weighted by Gasteiger charge is 2.52. The molecule has 1 aliphatic heterocycles. The van der Waals surface area contributed by atoms with E-state index in [4.69, 9.17) is 5.73 Å². The molecule has 0 bridgehead atoms. The maximum atomic E-state index is 6.67. The lowest BCUT2D eigenvalue weighted by Gasteiger charge is -2.42. The summed E-state index contributed by atoms with van der Waals surface area (Å²) in [5.41, 5.74) is 18.2. The maximum absolute atomic E-state index is 6.67. The highest BCUT2D eigenvalue weighted by atomic mass is 15.0. The van der Waals surface area contributed by atoms with Crippen LogP contribution in [0.5, 0.6) is 0 Å². The molecule has 1 aromatic heterocycles. The van der Waals surface area contributed by atoms with Crippen molar-refractivity contribution in [2.45, 2.75) is 38.6 Å². The van der Waals surface area contributed by atoms with Crippen LogP contribution in [0.4, 0.5) is 0 Å². The standard InChI is InChI=1S/C35H32N2/c1-4-31(36)22(3)21-30-32(5-2)37-33-20-11-8-15-25(33)26-16-12-19-29(34(26)37)35(30)27-17-9-6-13-23(27)24-14-7-10-18-28(24)35/h5-22,31H,4,36H2,1-3H3/b30-21+,32-5?. The van der Waals surface area contributed by atoms with E-state index >= 15 is 0 Å². The highest BCUT2D eigenvalue weighted by molar-refractivity contribution is 6.15. The molecule has 0 saturated heterocycles. The molecule has 0 amide bonds. The molecule has 1 spiro atoms. The zero-order chi connectivity index (χ0) is 25.3. The number of benzene rings is 4. The Labute approximate surface area is 218 Å². The van der Waals surface area contributed by atoms with Gasteiger partial charge in [0.25, 0.3) is 0 Å². The van der Waals surface area contributed by atoms with Gasteiger partial charge >= 0.3 is 0 Å². The van der Waals surface area contributed by atoms with E-state index in [9.17, 15) is 0 Å². The molecule has 7 rings (SSSR count).